The Labute approximate surface area is 114 Å². The molecule has 1 aromatic carbocycles. The van der Waals surface area contributed by atoms with Gasteiger partial charge in [-0.3, -0.25) is 4.90 Å². The minimum absolute atomic E-state index is 0.139. The van der Waals surface area contributed by atoms with Gasteiger partial charge < -0.3 is 10.1 Å². The lowest BCUT2D eigenvalue weighted by atomic mass is 10.0. The number of benzene rings is 1. The molecule has 100 valence electrons. The van der Waals surface area contributed by atoms with Crippen LogP contribution in [0.5, 0.6) is 0 Å². The number of halogens is 1. The summed E-state index contributed by atoms with van der Waals surface area (Å²) in [5.41, 5.74) is 1.25. The molecular weight excluding hydrogens is 248 g/mol. The minimum atomic E-state index is 0.139. The van der Waals surface area contributed by atoms with Crippen molar-refractivity contribution in [3.05, 3.63) is 29.3 Å². The van der Waals surface area contributed by atoms with Gasteiger partial charge in [-0.2, -0.15) is 0 Å². The predicted octanol–water partition coefficient (Wildman–Crippen LogP) is 2.86. The molecule has 4 heteroatoms. The number of morpholine rings is 1. The van der Waals surface area contributed by atoms with Crippen LogP contribution in [0.25, 0.3) is 0 Å². The van der Waals surface area contributed by atoms with Crippen molar-refractivity contribution in [1.29, 1.82) is 0 Å². The molecule has 1 saturated heterocycles. The summed E-state index contributed by atoms with van der Waals surface area (Å²) >= 11 is 5.85. The molecule has 1 heterocycles. The average molecular weight is 269 g/mol. The predicted molar refractivity (Wildman–Crippen MR) is 76.4 cm³/mol. The van der Waals surface area contributed by atoms with Gasteiger partial charge in [-0.15, -0.1) is 0 Å². The molecule has 0 aromatic heterocycles. The molecule has 0 amide bonds. The van der Waals surface area contributed by atoms with Crippen LogP contribution in [0.3, 0.4) is 0 Å². The molecule has 1 aromatic rings. The highest BCUT2D eigenvalue weighted by molar-refractivity contribution is 6.30. The van der Waals surface area contributed by atoms with Crippen molar-refractivity contribution in [2.45, 2.75) is 19.4 Å². The van der Waals surface area contributed by atoms with E-state index < -0.39 is 0 Å². The van der Waals surface area contributed by atoms with Crippen LogP contribution < -0.4 is 5.32 Å². The Morgan fingerprint density at radius 1 is 1.33 bits per heavy atom. The van der Waals surface area contributed by atoms with E-state index in [1.54, 1.807) is 0 Å². The molecule has 1 N–H and O–H groups in total. The second-order valence-electron chi connectivity index (χ2n) is 5.29. The van der Waals surface area contributed by atoms with E-state index in [2.05, 4.69) is 24.1 Å². The van der Waals surface area contributed by atoms with E-state index in [1.807, 2.05) is 24.3 Å². The summed E-state index contributed by atoms with van der Waals surface area (Å²) in [5.74, 6) is 0. The molecule has 0 spiro atoms. The standard InChI is InChI=1S/C14H21ClN2O/c1-14(2)11-18-10-9-17(14)8-7-16-13-5-3-12(15)4-6-13/h3-6,16H,7-11H2,1-2H3. The fourth-order valence-electron chi connectivity index (χ4n) is 2.21. The molecule has 0 atom stereocenters. The highest BCUT2D eigenvalue weighted by Crippen LogP contribution is 2.18. The molecule has 1 fully saturated rings. The zero-order valence-corrected chi connectivity index (χ0v) is 11.8. The van der Waals surface area contributed by atoms with Crippen molar-refractivity contribution in [3.8, 4) is 0 Å². The minimum Gasteiger partial charge on any atom is -0.384 e. The Hall–Kier alpha value is -0.770. The van der Waals surface area contributed by atoms with Gasteiger partial charge in [0.05, 0.1) is 13.2 Å². The van der Waals surface area contributed by atoms with Crippen LogP contribution in [0.4, 0.5) is 5.69 Å². The number of anilines is 1. The topological polar surface area (TPSA) is 24.5 Å². The molecule has 0 unspecified atom stereocenters. The Morgan fingerprint density at radius 3 is 2.72 bits per heavy atom. The summed E-state index contributed by atoms with van der Waals surface area (Å²) in [7, 11) is 0. The van der Waals surface area contributed by atoms with E-state index in [9.17, 15) is 0 Å². The van der Waals surface area contributed by atoms with Crippen molar-refractivity contribution in [1.82, 2.24) is 4.90 Å². The summed E-state index contributed by atoms with van der Waals surface area (Å²) in [6, 6.07) is 7.82. The molecule has 1 aliphatic rings. The van der Waals surface area contributed by atoms with Gasteiger partial charge in [-0.1, -0.05) is 11.6 Å². The molecule has 3 nitrogen and oxygen atoms in total. The van der Waals surface area contributed by atoms with Crippen molar-refractivity contribution in [2.75, 3.05) is 38.2 Å². The smallest absolute Gasteiger partial charge is 0.0645 e. The van der Waals surface area contributed by atoms with E-state index in [1.165, 1.54) is 0 Å². The van der Waals surface area contributed by atoms with Gasteiger partial charge in [0.2, 0.25) is 0 Å². The largest absolute Gasteiger partial charge is 0.384 e. The summed E-state index contributed by atoms with van der Waals surface area (Å²) in [6.45, 7) is 9.08. The maximum atomic E-state index is 5.85. The third-order valence-corrected chi connectivity index (χ3v) is 3.62. The monoisotopic (exact) mass is 268 g/mol. The molecule has 2 rings (SSSR count). The Balaban J connectivity index is 1.79. The summed E-state index contributed by atoms with van der Waals surface area (Å²) in [5, 5.41) is 4.19. The third-order valence-electron chi connectivity index (χ3n) is 3.37. The molecule has 0 saturated carbocycles. The highest BCUT2D eigenvalue weighted by Gasteiger charge is 2.29. The highest BCUT2D eigenvalue weighted by atomic mass is 35.5. The number of nitrogens with zero attached hydrogens (tertiary/aromatic N) is 1. The Morgan fingerprint density at radius 2 is 2.06 bits per heavy atom. The maximum absolute atomic E-state index is 5.85. The second-order valence-corrected chi connectivity index (χ2v) is 5.72. The first-order chi connectivity index (χ1) is 8.58. The van der Waals surface area contributed by atoms with Gasteiger partial charge in [0, 0.05) is 35.9 Å². The number of rotatable bonds is 4. The third kappa shape index (κ3) is 3.61. The lowest BCUT2D eigenvalue weighted by Gasteiger charge is -2.42. The average Bonchev–Trinajstić information content (AvgIpc) is 2.33. The van der Waals surface area contributed by atoms with E-state index in [4.69, 9.17) is 16.3 Å². The fourth-order valence-corrected chi connectivity index (χ4v) is 2.33. The zero-order valence-electron chi connectivity index (χ0n) is 11.1. The molecule has 0 radical (unpaired) electrons. The normalized spacial score (nSPS) is 19.7. The van der Waals surface area contributed by atoms with Gasteiger partial charge in [0.1, 0.15) is 0 Å². The SMILES string of the molecule is CC1(C)COCCN1CCNc1ccc(Cl)cc1. The quantitative estimate of drug-likeness (QED) is 0.909. The number of hydrogen-bond acceptors (Lipinski definition) is 3. The van der Waals surface area contributed by atoms with Gasteiger partial charge in [0.25, 0.3) is 0 Å². The number of nitrogens with one attached hydrogen (secondary N) is 1. The summed E-state index contributed by atoms with van der Waals surface area (Å²) in [4.78, 5) is 2.47. The van der Waals surface area contributed by atoms with Crippen LogP contribution in [-0.4, -0.2) is 43.3 Å². The van der Waals surface area contributed by atoms with Crippen molar-refractivity contribution in [2.24, 2.45) is 0 Å². The van der Waals surface area contributed by atoms with Crippen LogP contribution in [0.2, 0.25) is 5.02 Å². The number of ether oxygens (including phenoxy) is 1. The van der Waals surface area contributed by atoms with E-state index in [-0.39, 0.29) is 5.54 Å². The van der Waals surface area contributed by atoms with Crippen molar-refractivity contribution in [3.63, 3.8) is 0 Å². The number of hydrogen-bond donors (Lipinski definition) is 1. The first kappa shape index (κ1) is 13.7. The first-order valence-electron chi connectivity index (χ1n) is 6.40. The summed E-state index contributed by atoms with van der Waals surface area (Å²) in [6.07, 6.45) is 0. The van der Waals surface area contributed by atoms with Crippen LogP contribution in [0, 0.1) is 0 Å². The van der Waals surface area contributed by atoms with E-state index in [0.717, 1.165) is 43.6 Å². The van der Waals surface area contributed by atoms with Gasteiger partial charge in [0.15, 0.2) is 0 Å². The van der Waals surface area contributed by atoms with Crippen molar-refractivity contribution < 1.29 is 4.74 Å². The van der Waals surface area contributed by atoms with Crippen LogP contribution in [-0.2, 0) is 4.74 Å². The Bertz CT molecular complexity index is 378. The summed E-state index contributed by atoms with van der Waals surface area (Å²) < 4.78 is 5.52. The molecule has 0 bridgehead atoms. The second kappa shape index (κ2) is 5.91. The lowest BCUT2D eigenvalue weighted by molar-refractivity contribution is -0.0487. The molecule has 18 heavy (non-hydrogen) atoms. The van der Waals surface area contributed by atoms with E-state index in [0.29, 0.717) is 0 Å². The molecule has 1 aliphatic heterocycles. The lowest BCUT2D eigenvalue weighted by Crippen LogP contribution is -2.54. The molecule has 0 aliphatic carbocycles. The maximum Gasteiger partial charge on any atom is 0.0645 e. The van der Waals surface area contributed by atoms with E-state index >= 15 is 0 Å². The van der Waals surface area contributed by atoms with Gasteiger partial charge in [-0.25, -0.2) is 0 Å². The zero-order chi connectivity index (χ0) is 13.0. The van der Waals surface area contributed by atoms with Crippen LogP contribution in [0.1, 0.15) is 13.8 Å². The molecular formula is C14H21ClN2O. The van der Waals surface area contributed by atoms with Crippen LogP contribution in [0.15, 0.2) is 24.3 Å². The van der Waals surface area contributed by atoms with Crippen LogP contribution >= 0.6 is 11.6 Å². The van der Waals surface area contributed by atoms with Crippen molar-refractivity contribution >= 4 is 17.3 Å². The first-order valence-corrected chi connectivity index (χ1v) is 6.78. The fraction of sp³-hybridized carbons (Fsp3) is 0.571. The Kier molecular flexibility index (Phi) is 4.49. The van der Waals surface area contributed by atoms with Gasteiger partial charge in [-0.05, 0) is 38.1 Å². The van der Waals surface area contributed by atoms with Gasteiger partial charge >= 0.3 is 0 Å².